The van der Waals surface area contributed by atoms with E-state index in [4.69, 9.17) is 14.8 Å². The molecule has 1 atom stereocenters. The van der Waals surface area contributed by atoms with Crippen LogP contribution in [0.25, 0.3) is 16.9 Å². The van der Waals surface area contributed by atoms with Gasteiger partial charge in [-0.2, -0.15) is 5.10 Å². The fraction of sp³-hybridized carbons (Fsp3) is 0.381. The molecule has 1 fully saturated rings. The number of aromatic nitrogens is 3. The molecule has 28 heavy (non-hydrogen) atoms. The molecule has 0 saturated carbocycles. The van der Waals surface area contributed by atoms with Gasteiger partial charge in [0, 0.05) is 31.6 Å². The minimum absolute atomic E-state index is 0.0138. The number of ether oxygens (including phenoxy) is 1. The number of hydrogen-bond donors (Lipinski definition) is 1. The minimum atomic E-state index is 0.0138. The van der Waals surface area contributed by atoms with Crippen LogP contribution < -0.4 is 15.0 Å². The summed E-state index contributed by atoms with van der Waals surface area (Å²) in [4.78, 5) is 18.5. The van der Waals surface area contributed by atoms with E-state index in [-0.39, 0.29) is 11.9 Å². The number of nitrogens with one attached hydrogen (secondary N) is 1. The number of methoxy groups -OCH3 is 1. The van der Waals surface area contributed by atoms with Crippen molar-refractivity contribution in [2.45, 2.75) is 33.2 Å². The van der Waals surface area contributed by atoms with Gasteiger partial charge in [-0.3, -0.25) is 4.79 Å². The number of nitrogens with zero attached hydrogens (tertiary/aromatic N) is 4. The van der Waals surface area contributed by atoms with Gasteiger partial charge in [0.2, 0.25) is 5.91 Å². The molecule has 1 aromatic carbocycles. The van der Waals surface area contributed by atoms with Crippen molar-refractivity contribution in [3.8, 4) is 17.0 Å². The van der Waals surface area contributed by atoms with E-state index in [1.54, 1.807) is 14.0 Å². The SMILES string of the molecule is COc1cccc(-c2c(C)nc3c(N4CCC(NC(C)=O)C4)cc(C)nn23)c1. The summed E-state index contributed by atoms with van der Waals surface area (Å²) in [5.41, 5.74) is 5.72. The molecule has 0 aliphatic carbocycles. The summed E-state index contributed by atoms with van der Waals surface area (Å²) in [5, 5.41) is 7.77. The Kier molecular flexibility index (Phi) is 4.66. The second-order valence-corrected chi connectivity index (χ2v) is 7.32. The van der Waals surface area contributed by atoms with Crippen LogP contribution in [0.2, 0.25) is 0 Å². The summed E-state index contributed by atoms with van der Waals surface area (Å²) < 4.78 is 7.32. The first-order chi connectivity index (χ1) is 13.5. The second kappa shape index (κ2) is 7.14. The molecule has 7 nitrogen and oxygen atoms in total. The van der Waals surface area contributed by atoms with Crippen molar-refractivity contribution in [2.75, 3.05) is 25.1 Å². The van der Waals surface area contributed by atoms with Crippen molar-refractivity contribution in [3.05, 3.63) is 41.7 Å². The van der Waals surface area contributed by atoms with Crippen LogP contribution in [-0.2, 0) is 4.79 Å². The molecular weight excluding hydrogens is 354 g/mol. The van der Waals surface area contributed by atoms with E-state index in [1.165, 1.54) is 0 Å². The summed E-state index contributed by atoms with van der Waals surface area (Å²) in [7, 11) is 1.67. The van der Waals surface area contributed by atoms with E-state index < -0.39 is 0 Å². The average Bonchev–Trinajstić information content (AvgIpc) is 3.24. The smallest absolute Gasteiger partial charge is 0.217 e. The lowest BCUT2D eigenvalue weighted by atomic mass is 10.1. The number of benzene rings is 1. The van der Waals surface area contributed by atoms with Crippen molar-refractivity contribution in [3.63, 3.8) is 0 Å². The Hall–Kier alpha value is -3.09. The maximum Gasteiger partial charge on any atom is 0.217 e. The molecule has 0 radical (unpaired) electrons. The monoisotopic (exact) mass is 379 g/mol. The van der Waals surface area contributed by atoms with Gasteiger partial charge in [-0.15, -0.1) is 0 Å². The molecule has 1 aliphatic heterocycles. The normalized spacial score (nSPS) is 16.6. The Bertz CT molecular complexity index is 1040. The highest BCUT2D eigenvalue weighted by atomic mass is 16.5. The molecule has 3 heterocycles. The molecule has 1 N–H and O–H groups in total. The molecule has 3 aromatic rings. The lowest BCUT2D eigenvalue weighted by Gasteiger charge is -2.20. The number of amides is 1. The van der Waals surface area contributed by atoms with Crippen LogP contribution in [0.1, 0.15) is 24.7 Å². The van der Waals surface area contributed by atoms with Gasteiger partial charge in [0.15, 0.2) is 5.65 Å². The van der Waals surface area contributed by atoms with Crippen molar-refractivity contribution in [1.82, 2.24) is 19.9 Å². The number of hydrogen-bond acceptors (Lipinski definition) is 5. The Morgan fingerprint density at radius 3 is 2.86 bits per heavy atom. The standard InChI is InChI=1S/C21H25N5O2/c1-13-10-19(25-9-8-17(12-25)23-15(3)27)21-22-14(2)20(26(21)24-13)16-6-5-7-18(11-16)28-4/h5-7,10-11,17H,8-9,12H2,1-4H3,(H,23,27). The zero-order valence-corrected chi connectivity index (χ0v) is 16.7. The maximum absolute atomic E-state index is 11.4. The van der Waals surface area contributed by atoms with Crippen LogP contribution in [0.3, 0.4) is 0 Å². The van der Waals surface area contributed by atoms with Gasteiger partial charge in [-0.05, 0) is 38.5 Å². The van der Waals surface area contributed by atoms with Gasteiger partial charge in [-0.25, -0.2) is 9.50 Å². The van der Waals surface area contributed by atoms with Crippen LogP contribution in [0.4, 0.5) is 5.69 Å². The highest BCUT2D eigenvalue weighted by Gasteiger charge is 2.26. The molecule has 0 spiro atoms. The van der Waals surface area contributed by atoms with E-state index >= 15 is 0 Å². The van der Waals surface area contributed by atoms with Gasteiger partial charge in [-0.1, -0.05) is 12.1 Å². The first-order valence-corrected chi connectivity index (χ1v) is 9.49. The van der Waals surface area contributed by atoms with Crippen LogP contribution in [-0.4, -0.2) is 46.7 Å². The first-order valence-electron chi connectivity index (χ1n) is 9.49. The van der Waals surface area contributed by atoms with Crippen LogP contribution in [0.5, 0.6) is 5.75 Å². The second-order valence-electron chi connectivity index (χ2n) is 7.32. The van der Waals surface area contributed by atoms with Crippen molar-refractivity contribution >= 4 is 17.2 Å². The van der Waals surface area contributed by atoms with E-state index in [0.717, 1.165) is 59.2 Å². The first kappa shape index (κ1) is 18.3. The van der Waals surface area contributed by atoms with Crippen LogP contribution in [0, 0.1) is 13.8 Å². The number of aryl methyl sites for hydroxylation is 2. The Morgan fingerprint density at radius 2 is 2.11 bits per heavy atom. The summed E-state index contributed by atoms with van der Waals surface area (Å²) in [6.07, 6.45) is 0.926. The summed E-state index contributed by atoms with van der Waals surface area (Å²) in [6.45, 7) is 7.22. The molecular formula is C21H25N5O2. The molecule has 1 amide bonds. The third kappa shape index (κ3) is 3.28. The van der Waals surface area contributed by atoms with Gasteiger partial charge in [0.05, 0.1) is 29.9 Å². The molecule has 1 saturated heterocycles. The van der Waals surface area contributed by atoms with Crippen molar-refractivity contribution in [1.29, 1.82) is 0 Å². The van der Waals surface area contributed by atoms with Crippen LogP contribution >= 0.6 is 0 Å². The van der Waals surface area contributed by atoms with E-state index in [0.29, 0.717) is 0 Å². The summed E-state index contributed by atoms with van der Waals surface area (Å²) in [6, 6.07) is 10.2. The fourth-order valence-corrected chi connectivity index (χ4v) is 3.95. The topological polar surface area (TPSA) is 71.8 Å². The Labute approximate surface area is 164 Å². The number of fused-ring (bicyclic) bond motifs is 1. The van der Waals surface area contributed by atoms with Gasteiger partial charge < -0.3 is 15.0 Å². The van der Waals surface area contributed by atoms with Gasteiger partial charge >= 0.3 is 0 Å². The van der Waals surface area contributed by atoms with E-state index in [1.807, 2.05) is 42.6 Å². The van der Waals surface area contributed by atoms with Gasteiger partial charge in [0.1, 0.15) is 5.75 Å². The van der Waals surface area contributed by atoms with Crippen LogP contribution in [0.15, 0.2) is 30.3 Å². The molecule has 4 rings (SSSR count). The number of imidazole rings is 1. The Balaban J connectivity index is 1.79. The third-order valence-electron chi connectivity index (χ3n) is 5.14. The number of carbonyl (C=O) groups is 1. The highest BCUT2D eigenvalue weighted by molar-refractivity contribution is 5.77. The Morgan fingerprint density at radius 1 is 1.29 bits per heavy atom. The lowest BCUT2D eigenvalue weighted by Crippen LogP contribution is -2.35. The summed E-state index contributed by atoms with van der Waals surface area (Å²) in [5.74, 6) is 0.817. The predicted molar refractivity (Wildman–Crippen MR) is 109 cm³/mol. The molecule has 146 valence electrons. The zero-order valence-electron chi connectivity index (χ0n) is 16.7. The largest absolute Gasteiger partial charge is 0.497 e. The molecule has 1 aliphatic rings. The number of anilines is 1. The van der Waals surface area contributed by atoms with Gasteiger partial charge in [0.25, 0.3) is 0 Å². The minimum Gasteiger partial charge on any atom is -0.497 e. The third-order valence-corrected chi connectivity index (χ3v) is 5.14. The maximum atomic E-state index is 11.4. The predicted octanol–water partition coefficient (Wildman–Crippen LogP) is 2.74. The van der Waals surface area contributed by atoms with E-state index in [9.17, 15) is 4.79 Å². The highest BCUT2D eigenvalue weighted by Crippen LogP contribution is 2.32. The zero-order chi connectivity index (χ0) is 19.8. The van der Waals surface area contributed by atoms with Crippen molar-refractivity contribution in [2.24, 2.45) is 0 Å². The summed E-state index contributed by atoms with van der Waals surface area (Å²) >= 11 is 0. The lowest BCUT2D eigenvalue weighted by molar-refractivity contribution is -0.119. The fourth-order valence-electron chi connectivity index (χ4n) is 3.95. The molecule has 2 aromatic heterocycles. The molecule has 7 heteroatoms. The quantitative estimate of drug-likeness (QED) is 0.755. The average molecular weight is 379 g/mol. The van der Waals surface area contributed by atoms with E-state index in [2.05, 4.69) is 16.3 Å². The van der Waals surface area contributed by atoms with Crippen molar-refractivity contribution < 1.29 is 9.53 Å². The molecule has 1 unspecified atom stereocenters. The number of carbonyl (C=O) groups excluding carboxylic acids is 1. The molecule has 0 bridgehead atoms. The number of rotatable bonds is 4.